The van der Waals surface area contributed by atoms with Gasteiger partial charge in [-0.1, -0.05) is 170 Å². The molecule has 0 radical (unpaired) electrons. The van der Waals surface area contributed by atoms with Crippen molar-refractivity contribution in [1.82, 2.24) is 19.5 Å². The normalized spacial score (nSPS) is 11.8. The molecule has 322 valence electrons. The van der Waals surface area contributed by atoms with Gasteiger partial charge < -0.3 is 13.4 Å². The molecular weight excluding hydrogens is 845 g/mol. The Morgan fingerprint density at radius 3 is 1.55 bits per heavy atom. The maximum absolute atomic E-state index is 6.73. The minimum atomic E-state index is 0.577. The van der Waals surface area contributed by atoms with E-state index in [1.54, 1.807) is 0 Å². The molecule has 0 saturated carbocycles. The predicted octanol–water partition coefficient (Wildman–Crippen LogP) is 16.8. The quantitative estimate of drug-likeness (QED) is 0.159. The fourth-order valence-electron chi connectivity index (χ4n) is 10.2. The van der Waals surface area contributed by atoms with Gasteiger partial charge in [-0.05, 0) is 94.0 Å². The van der Waals surface area contributed by atoms with Gasteiger partial charge >= 0.3 is 0 Å². The van der Waals surface area contributed by atoms with Gasteiger partial charge in [0.1, 0.15) is 22.3 Å². The molecule has 6 nitrogen and oxygen atoms in total. The van der Waals surface area contributed by atoms with Crippen LogP contribution in [-0.2, 0) is 0 Å². The van der Waals surface area contributed by atoms with Gasteiger partial charge in [-0.15, -0.1) is 0 Å². The Bertz CT molecular complexity index is 4290. The van der Waals surface area contributed by atoms with Crippen LogP contribution in [0.5, 0.6) is 0 Å². The summed E-state index contributed by atoms with van der Waals surface area (Å²) in [6, 6.07) is 80.4. The molecule has 4 aromatic heterocycles. The molecule has 6 heteroatoms. The van der Waals surface area contributed by atoms with Crippen molar-refractivity contribution < 1.29 is 8.83 Å². The van der Waals surface area contributed by atoms with Crippen LogP contribution in [-0.4, -0.2) is 19.5 Å². The topological polar surface area (TPSA) is 69.9 Å². The summed E-state index contributed by atoms with van der Waals surface area (Å²) in [5.41, 5.74) is 16.0. The highest BCUT2D eigenvalue weighted by molar-refractivity contribution is 6.16. The molecule has 69 heavy (non-hydrogen) atoms. The monoisotopic (exact) mass is 882 g/mol. The summed E-state index contributed by atoms with van der Waals surface area (Å²) in [5, 5.41) is 6.47. The van der Waals surface area contributed by atoms with Crippen LogP contribution >= 0.6 is 0 Å². The molecule has 0 spiro atoms. The van der Waals surface area contributed by atoms with E-state index >= 15 is 0 Å². The summed E-state index contributed by atoms with van der Waals surface area (Å²) in [4.78, 5) is 15.3. The van der Waals surface area contributed by atoms with Crippen LogP contribution in [0.2, 0.25) is 0 Å². The van der Waals surface area contributed by atoms with Crippen molar-refractivity contribution in [1.29, 1.82) is 0 Å². The second-order valence-electron chi connectivity index (χ2n) is 17.5. The first kappa shape index (κ1) is 38.8. The minimum Gasteiger partial charge on any atom is -0.456 e. The van der Waals surface area contributed by atoms with Crippen molar-refractivity contribution in [2.45, 2.75) is 0 Å². The lowest BCUT2D eigenvalue weighted by Crippen LogP contribution is -2.00. The number of nitrogens with zero attached hydrogens (tertiary/aromatic N) is 4. The fourth-order valence-corrected chi connectivity index (χ4v) is 10.2. The molecule has 14 aromatic rings. The second-order valence-corrected chi connectivity index (χ2v) is 17.5. The Morgan fingerprint density at radius 1 is 0.275 bits per heavy atom. The maximum atomic E-state index is 6.73. The first-order valence-electron chi connectivity index (χ1n) is 23.2. The van der Waals surface area contributed by atoms with Gasteiger partial charge in [-0.3, -0.25) is 0 Å². The SMILES string of the molecule is c1ccc(-c2ccc(-c3nc(-c4ccccc4)nc(-c4cccc5oc6cc(-c7cccc8oc9ccc(-n%10c%11ccccc%11c%11cc(-c%12ccccc%12)ccc%11%10)cc9c78)ccc6c45)n3)cc2)cc1. The van der Waals surface area contributed by atoms with E-state index in [1.165, 1.54) is 21.9 Å². The molecule has 10 aromatic carbocycles. The highest BCUT2D eigenvalue weighted by Gasteiger charge is 2.21. The lowest BCUT2D eigenvalue weighted by atomic mass is 9.97. The first-order chi connectivity index (χ1) is 34.2. The summed E-state index contributed by atoms with van der Waals surface area (Å²) < 4.78 is 15.7. The number of hydrogen-bond donors (Lipinski definition) is 0. The van der Waals surface area contributed by atoms with E-state index in [-0.39, 0.29) is 0 Å². The van der Waals surface area contributed by atoms with E-state index in [0.29, 0.717) is 17.5 Å². The van der Waals surface area contributed by atoms with E-state index in [1.807, 2.05) is 48.5 Å². The van der Waals surface area contributed by atoms with Crippen LogP contribution in [0.1, 0.15) is 0 Å². The number of para-hydroxylation sites is 1. The Kier molecular flexibility index (Phi) is 8.79. The Hall–Kier alpha value is -9.39. The Balaban J connectivity index is 0.888. The molecule has 0 N–H and O–H groups in total. The van der Waals surface area contributed by atoms with E-state index in [0.717, 1.165) is 99.5 Å². The molecule has 0 saturated heterocycles. The minimum absolute atomic E-state index is 0.577. The van der Waals surface area contributed by atoms with Gasteiger partial charge in [0.2, 0.25) is 0 Å². The molecule has 0 aliphatic heterocycles. The van der Waals surface area contributed by atoms with Crippen LogP contribution in [0, 0.1) is 0 Å². The summed E-state index contributed by atoms with van der Waals surface area (Å²) in [6.45, 7) is 0. The zero-order valence-electron chi connectivity index (χ0n) is 37.0. The highest BCUT2D eigenvalue weighted by atomic mass is 16.3. The third-order valence-corrected chi connectivity index (χ3v) is 13.5. The zero-order valence-corrected chi connectivity index (χ0v) is 37.0. The number of aromatic nitrogens is 4. The van der Waals surface area contributed by atoms with Crippen molar-refractivity contribution in [3.05, 3.63) is 231 Å². The van der Waals surface area contributed by atoms with Crippen molar-refractivity contribution in [2.24, 2.45) is 0 Å². The predicted molar refractivity (Wildman–Crippen MR) is 281 cm³/mol. The molecule has 14 rings (SSSR count). The lowest BCUT2D eigenvalue weighted by molar-refractivity contribution is 0.668. The molecule has 4 heterocycles. The molecule has 0 aliphatic carbocycles. The van der Waals surface area contributed by atoms with Crippen LogP contribution in [0.25, 0.3) is 139 Å². The summed E-state index contributed by atoms with van der Waals surface area (Å²) in [5.74, 6) is 1.78. The molecule has 0 atom stereocenters. The molecular formula is C63H38N4O2. The van der Waals surface area contributed by atoms with E-state index < -0.39 is 0 Å². The van der Waals surface area contributed by atoms with Crippen molar-refractivity contribution in [3.63, 3.8) is 0 Å². The van der Waals surface area contributed by atoms with E-state index in [4.69, 9.17) is 23.8 Å². The number of hydrogen-bond acceptors (Lipinski definition) is 5. The van der Waals surface area contributed by atoms with Gasteiger partial charge in [0.05, 0.1) is 11.0 Å². The molecule has 0 amide bonds. The Morgan fingerprint density at radius 2 is 0.812 bits per heavy atom. The number of benzene rings is 10. The van der Waals surface area contributed by atoms with Gasteiger partial charge in [-0.25, -0.2) is 15.0 Å². The van der Waals surface area contributed by atoms with Gasteiger partial charge in [0, 0.05) is 54.7 Å². The van der Waals surface area contributed by atoms with Crippen LogP contribution in [0.15, 0.2) is 239 Å². The van der Waals surface area contributed by atoms with Gasteiger partial charge in [-0.2, -0.15) is 0 Å². The average Bonchev–Trinajstić information content (AvgIpc) is 4.10. The molecule has 0 aliphatic rings. The maximum Gasteiger partial charge on any atom is 0.164 e. The summed E-state index contributed by atoms with van der Waals surface area (Å²) in [6.07, 6.45) is 0. The van der Waals surface area contributed by atoms with Crippen LogP contribution < -0.4 is 0 Å². The summed E-state index contributed by atoms with van der Waals surface area (Å²) in [7, 11) is 0. The standard InChI is InChI=1S/C63H38N4O2/c1-4-14-39(15-5-1)41-26-28-43(29-27-41)62-64-61(42-18-8-3-9-19-42)65-63(66-62)50-22-13-25-57-60(50)49-33-30-45(37-58(49)69-57)47-21-12-24-56-59(47)52-38-46(32-35-55(52)68-56)67-53-23-11-10-20-48(53)51-36-44(31-34-54(51)67)40-16-6-2-7-17-40/h1-38H. The van der Waals surface area contributed by atoms with Crippen molar-refractivity contribution in [3.8, 4) is 73.2 Å². The second kappa shape index (κ2) is 15.6. The molecule has 0 fully saturated rings. The Labute approximate surface area is 396 Å². The smallest absolute Gasteiger partial charge is 0.164 e. The largest absolute Gasteiger partial charge is 0.456 e. The molecule has 0 unspecified atom stereocenters. The van der Waals surface area contributed by atoms with Gasteiger partial charge in [0.15, 0.2) is 17.5 Å². The third kappa shape index (κ3) is 6.45. The van der Waals surface area contributed by atoms with Crippen LogP contribution in [0.3, 0.4) is 0 Å². The first-order valence-corrected chi connectivity index (χ1v) is 23.2. The molecule has 0 bridgehead atoms. The summed E-state index contributed by atoms with van der Waals surface area (Å²) >= 11 is 0. The fraction of sp³-hybridized carbons (Fsp3) is 0. The van der Waals surface area contributed by atoms with E-state index in [2.05, 4.69) is 187 Å². The highest BCUT2D eigenvalue weighted by Crippen LogP contribution is 2.43. The number of rotatable bonds is 7. The van der Waals surface area contributed by atoms with Crippen molar-refractivity contribution in [2.75, 3.05) is 0 Å². The van der Waals surface area contributed by atoms with Gasteiger partial charge in [0.25, 0.3) is 0 Å². The lowest BCUT2D eigenvalue weighted by Gasteiger charge is -2.10. The average molecular weight is 883 g/mol. The zero-order chi connectivity index (χ0) is 45.4. The van der Waals surface area contributed by atoms with E-state index in [9.17, 15) is 0 Å². The van der Waals surface area contributed by atoms with Crippen LogP contribution in [0.4, 0.5) is 0 Å². The number of furan rings is 2. The number of fused-ring (bicyclic) bond motifs is 9. The van der Waals surface area contributed by atoms with Crippen molar-refractivity contribution >= 4 is 65.7 Å². The third-order valence-electron chi connectivity index (χ3n) is 13.5.